The highest BCUT2D eigenvalue weighted by atomic mass is 32.2. The molecule has 0 amide bonds. The Morgan fingerprint density at radius 1 is 1.18 bits per heavy atom. The van der Waals surface area contributed by atoms with Gasteiger partial charge in [0.15, 0.2) is 9.84 Å². The Kier molecular flexibility index (Phi) is 5.15. The Labute approximate surface area is 104 Å². The number of likely N-dealkylation sites (N-methyl/N-ethyl adjacent to an activating group) is 1. The van der Waals surface area contributed by atoms with Crippen molar-refractivity contribution in [2.45, 2.75) is 31.1 Å². The monoisotopic (exact) mass is 255 g/mol. The van der Waals surface area contributed by atoms with Crippen LogP contribution in [-0.4, -0.2) is 27.8 Å². The van der Waals surface area contributed by atoms with Crippen LogP contribution in [0.15, 0.2) is 29.2 Å². The molecule has 0 aliphatic heterocycles. The van der Waals surface area contributed by atoms with E-state index in [0.29, 0.717) is 10.8 Å². The van der Waals surface area contributed by atoms with Crippen molar-refractivity contribution in [3.8, 4) is 0 Å². The predicted octanol–water partition coefficient (Wildman–Crippen LogP) is 2.19. The first-order valence-electron chi connectivity index (χ1n) is 6.02. The minimum Gasteiger partial charge on any atom is -0.319 e. The zero-order valence-corrected chi connectivity index (χ0v) is 11.5. The molecular formula is C13H21NO2S. The van der Waals surface area contributed by atoms with Crippen molar-refractivity contribution >= 4 is 9.84 Å². The third kappa shape index (κ3) is 3.54. The van der Waals surface area contributed by atoms with Gasteiger partial charge in [0.25, 0.3) is 0 Å². The number of sulfone groups is 1. The summed E-state index contributed by atoms with van der Waals surface area (Å²) in [4.78, 5) is 0.420. The van der Waals surface area contributed by atoms with Crippen LogP contribution in [-0.2, 0) is 9.84 Å². The zero-order chi connectivity index (χ0) is 12.9. The molecule has 0 fully saturated rings. The van der Waals surface area contributed by atoms with Gasteiger partial charge >= 0.3 is 0 Å². The van der Waals surface area contributed by atoms with E-state index in [1.54, 1.807) is 19.1 Å². The van der Waals surface area contributed by atoms with Crippen molar-refractivity contribution in [2.75, 3.05) is 19.3 Å². The van der Waals surface area contributed by atoms with Crippen LogP contribution in [0.3, 0.4) is 0 Å². The Morgan fingerprint density at radius 2 is 1.76 bits per heavy atom. The maximum Gasteiger partial charge on any atom is 0.178 e. The summed E-state index contributed by atoms with van der Waals surface area (Å²) < 4.78 is 23.3. The number of hydrogen-bond donors (Lipinski definition) is 1. The fourth-order valence-electron chi connectivity index (χ4n) is 1.86. The molecule has 1 atom stereocenters. The molecule has 0 heterocycles. The third-order valence-corrected chi connectivity index (χ3v) is 4.78. The van der Waals surface area contributed by atoms with Crippen LogP contribution in [0, 0.1) is 0 Å². The van der Waals surface area contributed by atoms with E-state index in [1.165, 1.54) is 5.56 Å². The smallest absolute Gasteiger partial charge is 0.178 e. The summed E-state index contributed by atoms with van der Waals surface area (Å²) in [5.74, 6) is 0.596. The second-order valence-corrected chi connectivity index (χ2v) is 6.41. The summed E-state index contributed by atoms with van der Waals surface area (Å²) >= 11 is 0. The first-order chi connectivity index (χ1) is 8.05. The highest BCUT2D eigenvalue weighted by Gasteiger charge is 2.13. The molecule has 0 aliphatic rings. The molecule has 0 spiro atoms. The first kappa shape index (κ1) is 14.2. The van der Waals surface area contributed by atoms with E-state index in [4.69, 9.17) is 0 Å². The number of nitrogens with one attached hydrogen (secondary N) is 1. The van der Waals surface area contributed by atoms with Gasteiger partial charge in [-0.1, -0.05) is 26.0 Å². The van der Waals surface area contributed by atoms with E-state index in [0.717, 1.165) is 13.0 Å². The lowest BCUT2D eigenvalue weighted by Gasteiger charge is -2.15. The van der Waals surface area contributed by atoms with Crippen molar-refractivity contribution in [1.82, 2.24) is 5.32 Å². The Morgan fingerprint density at radius 3 is 2.18 bits per heavy atom. The van der Waals surface area contributed by atoms with Crippen molar-refractivity contribution in [2.24, 2.45) is 0 Å². The molecule has 1 aromatic carbocycles. The summed E-state index contributed by atoms with van der Waals surface area (Å²) in [6.07, 6.45) is 1.04. The molecule has 1 rings (SSSR count). The maximum atomic E-state index is 11.7. The van der Waals surface area contributed by atoms with Gasteiger partial charge in [0, 0.05) is 6.54 Å². The van der Waals surface area contributed by atoms with E-state index >= 15 is 0 Å². The quantitative estimate of drug-likeness (QED) is 0.847. The number of rotatable bonds is 6. The Balaban J connectivity index is 2.95. The average molecular weight is 255 g/mol. The minimum atomic E-state index is -3.08. The molecule has 0 saturated carbocycles. The van der Waals surface area contributed by atoms with Gasteiger partial charge in [0.2, 0.25) is 0 Å². The minimum absolute atomic E-state index is 0.153. The molecule has 0 aliphatic carbocycles. The lowest BCUT2D eigenvalue weighted by Crippen LogP contribution is -2.16. The van der Waals surface area contributed by atoms with Gasteiger partial charge in [-0.25, -0.2) is 8.42 Å². The third-order valence-electron chi connectivity index (χ3n) is 3.03. The summed E-state index contributed by atoms with van der Waals surface area (Å²) in [6, 6.07) is 7.28. The fourth-order valence-corrected chi connectivity index (χ4v) is 2.74. The Hall–Kier alpha value is -0.870. The highest BCUT2D eigenvalue weighted by Crippen LogP contribution is 2.21. The van der Waals surface area contributed by atoms with Crippen molar-refractivity contribution in [3.05, 3.63) is 29.8 Å². The molecule has 1 N–H and O–H groups in total. The van der Waals surface area contributed by atoms with Crippen LogP contribution in [0.25, 0.3) is 0 Å². The molecule has 1 aromatic rings. The van der Waals surface area contributed by atoms with E-state index in [2.05, 4.69) is 12.2 Å². The van der Waals surface area contributed by atoms with Crippen LogP contribution in [0.5, 0.6) is 0 Å². The number of hydrogen-bond acceptors (Lipinski definition) is 3. The second kappa shape index (κ2) is 6.17. The molecule has 1 unspecified atom stereocenters. The fraction of sp³-hybridized carbons (Fsp3) is 0.538. The van der Waals surface area contributed by atoms with Gasteiger partial charge < -0.3 is 5.32 Å². The largest absolute Gasteiger partial charge is 0.319 e. The predicted molar refractivity (Wildman–Crippen MR) is 71.1 cm³/mol. The van der Waals surface area contributed by atoms with Gasteiger partial charge in [-0.3, -0.25) is 0 Å². The maximum absolute atomic E-state index is 11.7. The summed E-state index contributed by atoms with van der Waals surface area (Å²) in [6.45, 7) is 4.72. The van der Waals surface area contributed by atoms with Crippen molar-refractivity contribution < 1.29 is 8.42 Å². The number of benzene rings is 1. The van der Waals surface area contributed by atoms with Gasteiger partial charge in [-0.05, 0) is 37.1 Å². The van der Waals surface area contributed by atoms with Gasteiger partial charge in [-0.2, -0.15) is 0 Å². The molecule has 4 heteroatoms. The van der Waals surface area contributed by atoms with E-state index < -0.39 is 9.84 Å². The SMILES string of the molecule is CCC(CNC)c1ccc(S(=O)(=O)CC)cc1. The topological polar surface area (TPSA) is 46.2 Å². The Bertz CT molecular complexity index is 437. The molecule has 0 radical (unpaired) electrons. The van der Waals surface area contributed by atoms with Crippen LogP contribution < -0.4 is 5.32 Å². The van der Waals surface area contributed by atoms with Crippen molar-refractivity contribution in [3.63, 3.8) is 0 Å². The van der Waals surface area contributed by atoms with Gasteiger partial charge in [0.1, 0.15) is 0 Å². The van der Waals surface area contributed by atoms with Gasteiger partial charge in [-0.15, -0.1) is 0 Å². The average Bonchev–Trinajstić information content (AvgIpc) is 2.36. The normalized spacial score (nSPS) is 13.6. The second-order valence-electron chi connectivity index (χ2n) is 4.14. The first-order valence-corrected chi connectivity index (χ1v) is 7.67. The summed E-state index contributed by atoms with van der Waals surface area (Å²) in [7, 11) is -1.15. The molecule has 0 bridgehead atoms. The molecular weight excluding hydrogens is 234 g/mol. The zero-order valence-electron chi connectivity index (χ0n) is 10.7. The van der Waals surface area contributed by atoms with Crippen LogP contribution in [0.2, 0.25) is 0 Å². The molecule has 96 valence electrons. The van der Waals surface area contributed by atoms with E-state index in [9.17, 15) is 8.42 Å². The van der Waals surface area contributed by atoms with E-state index in [-0.39, 0.29) is 5.75 Å². The lowest BCUT2D eigenvalue weighted by atomic mass is 9.97. The summed E-state index contributed by atoms with van der Waals surface area (Å²) in [5.41, 5.74) is 1.19. The molecule has 0 saturated heterocycles. The highest BCUT2D eigenvalue weighted by molar-refractivity contribution is 7.91. The van der Waals surface area contributed by atoms with Crippen LogP contribution in [0.4, 0.5) is 0 Å². The summed E-state index contributed by atoms with van der Waals surface area (Å²) in [5, 5.41) is 3.15. The van der Waals surface area contributed by atoms with Gasteiger partial charge in [0.05, 0.1) is 10.6 Å². The van der Waals surface area contributed by atoms with E-state index in [1.807, 2.05) is 19.2 Å². The van der Waals surface area contributed by atoms with Crippen molar-refractivity contribution in [1.29, 1.82) is 0 Å². The molecule has 0 aromatic heterocycles. The van der Waals surface area contributed by atoms with Crippen LogP contribution in [0.1, 0.15) is 31.7 Å². The lowest BCUT2D eigenvalue weighted by molar-refractivity contribution is 0.596. The standard InChI is InChI=1S/C13H21NO2S/c1-4-11(10-14-3)12-6-8-13(9-7-12)17(15,16)5-2/h6-9,11,14H,4-5,10H2,1-3H3. The van der Waals surface area contributed by atoms with Crippen LogP contribution >= 0.6 is 0 Å². The molecule has 17 heavy (non-hydrogen) atoms. The molecule has 3 nitrogen and oxygen atoms in total.